The Balaban J connectivity index is 1.69. The fraction of sp³-hybridized carbons (Fsp3) is 0.538. The Bertz CT molecular complexity index is 320. The zero-order chi connectivity index (χ0) is 11.9. The summed E-state index contributed by atoms with van der Waals surface area (Å²) < 4.78 is 16.0. The van der Waals surface area contributed by atoms with Crippen LogP contribution in [-0.2, 0) is 9.47 Å². The van der Waals surface area contributed by atoms with Gasteiger partial charge in [-0.3, -0.25) is 0 Å². The molecule has 2 rings (SSSR count). The van der Waals surface area contributed by atoms with E-state index in [0.717, 1.165) is 44.0 Å². The molecule has 0 aromatic heterocycles. The van der Waals surface area contributed by atoms with Crippen LogP contribution in [0.4, 0.5) is 5.69 Å². The molecular formula is C13H19NO3. The Morgan fingerprint density at radius 1 is 1.24 bits per heavy atom. The van der Waals surface area contributed by atoms with Gasteiger partial charge in [-0.15, -0.1) is 0 Å². The molecule has 0 aliphatic carbocycles. The smallest absolute Gasteiger partial charge is 0.159 e. The summed E-state index contributed by atoms with van der Waals surface area (Å²) in [5.74, 6) is 0.870. The van der Waals surface area contributed by atoms with Gasteiger partial charge in [0.15, 0.2) is 6.29 Å². The third kappa shape index (κ3) is 3.91. The lowest BCUT2D eigenvalue weighted by Crippen LogP contribution is -2.26. The van der Waals surface area contributed by atoms with E-state index in [1.54, 1.807) is 7.11 Å². The average molecular weight is 237 g/mol. The number of ether oxygens (including phenoxy) is 3. The summed E-state index contributed by atoms with van der Waals surface area (Å²) in [6.07, 6.45) is 1.82. The highest BCUT2D eigenvalue weighted by Gasteiger charge is 2.13. The molecule has 4 nitrogen and oxygen atoms in total. The topological polar surface area (TPSA) is 39.7 Å². The molecule has 0 amide bonds. The molecule has 1 aliphatic heterocycles. The van der Waals surface area contributed by atoms with E-state index in [2.05, 4.69) is 5.32 Å². The predicted octanol–water partition coefficient (Wildman–Crippen LogP) is 2.26. The van der Waals surface area contributed by atoms with Gasteiger partial charge < -0.3 is 19.5 Å². The normalized spacial score (nSPS) is 16.8. The maximum absolute atomic E-state index is 5.47. The molecule has 0 radical (unpaired) electrons. The van der Waals surface area contributed by atoms with E-state index >= 15 is 0 Å². The molecule has 1 aromatic rings. The van der Waals surface area contributed by atoms with Crippen molar-refractivity contribution in [3.63, 3.8) is 0 Å². The molecule has 1 heterocycles. The van der Waals surface area contributed by atoms with Crippen LogP contribution < -0.4 is 10.1 Å². The summed E-state index contributed by atoms with van der Waals surface area (Å²) in [7, 11) is 1.67. The summed E-state index contributed by atoms with van der Waals surface area (Å²) in [6.45, 7) is 2.47. The summed E-state index contributed by atoms with van der Waals surface area (Å²) in [4.78, 5) is 0. The fourth-order valence-electron chi connectivity index (χ4n) is 1.75. The summed E-state index contributed by atoms with van der Waals surface area (Å²) >= 11 is 0. The Morgan fingerprint density at radius 3 is 2.59 bits per heavy atom. The van der Waals surface area contributed by atoms with Crippen LogP contribution in [0.3, 0.4) is 0 Å². The summed E-state index contributed by atoms with van der Waals surface area (Å²) in [6, 6.07) is 7.88. The molecule has 0 bridgehead atoms. The van der Waals surface area contributed by atoms with Gasteiger partial charge in [0, 0.05) is 18.7 Å². The highest BCUT2D eigenvalue weighted by molar-refractivity contribution is 5.46. The van der Waals surface area contributed by atoms with Gasteiger partial charge in [-0.2, -0.15) is 0 Å². The van der Waals surface area contributed by atoms with E-state index in [0.29, 0.717) is 0 Å². The maximum atomic E-state index is 5.47. The third-order valence-corrected chi connectivity index (χ3v) is 2.70. The molecule has 0 unspecified atom stereocenters. The molecule has 1 aliphatic rings. The van der Waals surface area contributed by atoms with Crippen molar-refractivity contribution >= 4 is 5.69 Å². The SMILES string of the molecule is COc1ccc(NCCC2OCCCO2)cc1. The first-order valence-electron chi connectivity index (χ1n) is 5.99. The highest BCUT2D eigenvalue weighted by Crippen LogP contribution is 2.15. The minimum absolute atomic E-state index is 0.0468. The van der Waals surface area contributed by atoms with Crippen LogP contribution >= 0.6 is 0 Å². The quantitative estimate of drug-likeness (QED) is 0.852. The van der Waals surface area contributed by atoms with E-state index < -0.39 is 0 Å². The molecule has 17 heavy (non-hydrogen) atoms. The Hall–Kier alpha value is -1.26. The summed E-state index contributed by atoms with van der Waals surface area (Å²) in [5, 5.41) is 3.33. The Kier molecular flexibility index (Phi) is 4.64. The van der Waals surface area contributed by atoms with E-state index in [4.69, 9.17) is 14.2 Å². The maximum Gasteiger partial charge on any atom is 0.159 e. The molecule has 0 atom stereocenters. The Morgan fingerprint density at radius 2 is 1.94 bits per heavy atom. The molecule has 1 aromatic carbocycles. The lowest BCUT2D eigenvalue weighted by Gasteiger charge is -2.23. The molecule has 94 valence electrons. The van der Waals surface area contributed by atoms with Crippen molar-refractivity contribution in [3.8, 4) is 5.75 Å². The molecule has 4 heteroatoms. The van der Waals surface area contributed by atoms with Gasteiger partial charge in [0.1, 0.15) is 5.75 Å². The van der Waals surface area contributed by atoms with E-state index in [-0.39, 0.29) is 6.29 Å². The monoisotopic (exact) mass is 237 g/mol. The average Bonchev–Trinajstić information content (AvgIpc) is 2.41. The van der Waals surface area contributed by atoms with Gasteiger partial charge >= 0.3 is 0 Å². The minimum atomic E-state index is -0.0468. The number of rotatable bonds is 5. The summed E-state index contributed by atoms with van der Waals surface area (Å²) in [5.41, 5.74) is 1.08. The molecule has 1 fully saturated rings. The van der Waals surface area contributed by atoms with Crippen LogP contribution in [0, 0.1) is 0 Å². The number of hydrogen-bond acceptors (Lipinski definition) is 4. The number of methoxy groups -OCH3 is 1. The van der Waals surface area contributed by atoms with Crippen molar-refractivity contribution in [1.82, 2.24) is 0 Å². The van der Waals surface area contributed by atoms with Crippen LogP contribution in [0.25, 0.3) is 0 Å². The third-order valence-electron chi connectivity index (χ3n) is 2.70. The predicted molar refractivity (Wildman–Crippen MR) is 66.4 cm³/mol. The molecule has 0 spiro atoms. The Labute approximate surface area is 102 Å². The number of nitrogens with one attached hydrogen (secondary N) is 1. The van der Waals surface area contributed by atoms with Gasteiger partial charge in [-0.05, 0) is 30.7 Å². The van der Waals surface area contributed by atoms with Crippen LogP contribution in [0.5, 0.6) is 5.75 Å². The second kappa shape index (κ2) is 6.47. The van der Waals surface area contributed by atoms with Gasteiger partial charge in [0.05, 0.1) is 20.3 Å². The van der Waals surface area contributed by atoms with Crippen molar-refractivity contribution in [3.05, 3.63) is 24.3 Å². The largest absolute Gasteiger partial charge is 0.497 e. The standard InChI is InChI=1S/C13H19NO3/c1-15-12-5-3-11(4-6-12)14-8-7-13-16-9-2-10-17-13/h3-6,13-14H,2,7-10H2,1H3. The van der Waals surface area contributed by atoms with Crippen molar-refractivity contribution in [2.45, 2.75) is 19.1 Å². The zero-order valence-corrected chi connectivity index (χ0v) is 10.1. The first-order chi connectivity index (χ1) is 8.38. The molecular weight excluding hydrogens is 218 g/mol. The lowest BCUT2D eigenvalue weighted by molar-refractivity contribution is -0.179. The first kappa shape index (κ1) is 12.2. The number of hydrogen-bond donors (Lipinski definition) is 1. The first-order valence-corrected chi connectivity index (χ1v) is 5.99. The second-order valence-electron chi connectivity index (χ2n) is 3.97. The van der Waals surface area contributed by atoms with Gasteiger partial charge in [0.2, 0.25) is 0 Å². The zero-order valence-electron chi connectivity index (χ0n) is 10.1. The van der Waals surface area contributed by atoms with Crippen molar-refractivity contribution in [2.24, 2.45) is 0 Å². The lowest BCUT2D eigenvalue weighted by atomic mass is 10.3. The van der Waals surface area contributed by atoms with Gasteiger partial charge in [0.25, 0.3) is 0 Å². The number of anilines is 1. The minimum Gasteiger partial charge on any atom is -0.497 e. The van der Waals surface area contributed by atoms with Crippen molar-refractivity contribution < 1.29 is 14.2 Å². The van der Waals surface area contributed by atoms with E-state index in [1.165, 1.54) is 0 Å². The highest BCUT2D eigenvalue weighted by atomic mass is 16.7. The van der Waals surface area contributed by atoms with Gasteiger partial charge in [-0.25, -0.2) is 0 Å². The number of benzene rings is 1. The van der Waals surface area contributed by atoms with Crippen molar-refractivity contribution in [2.75, 3.05) is 32.2 Å². The molecule has 1 N–H and O–H groups in total. The van der Waals surface area contributed by atoms with Gasteiger partial charge in [-0.1, -0.05) is 0 Å². The second-order valence-corrected chi connectivity index (χ2v) is 3.97. The van der Waals surface area contributed by atoms with Crippen LogP contribution in [-0.4, -0.2) is 33.2 Å². The molecule has 0 saturated carbocycles. The fourth-order valence-corrected chi connectivity index (χ4v) is 1.75. The van der Waals surface area contributed by atoms with Crippen LogP contribution in [0.2, 0.25) is 0 Å². The van der Waals surface area contributed by atoms with E-state index in [9.17, 15) is 0 Å². The molecule has 1 saturated heterocycles. The van der Waals surface area contributed by atoms with Crippen LogP contribution in [0.15, 0.2) is 24.3 Å². The van der Waals surface area contributed by atoms with Crippen molar-refractivity contribution in [1.29, 1.82) is 0 Å². The van der Waals surface area contributed by atoms with Crippen LogP contribution in [0.1, 0.15) is 12.8 Å². The van der Waals surface area contributed by atoms with E-state index in [1.807, 2.05) is 24.3 Å².